The van der Waals surface area contributed by atoms with E-state index in [0.717, 1.165) is 12.8 Å². The standard InChI is InChI=1S/C17H22N4O3S.C2HF3O2/c1-3-5-10-18-17(22)16-14-11-20(4-2)25(23,24)15-9-7-6-8-13(15)21(14)12-19-16;3-2(4,5)1(6)7/h6-9,12H,3-5,10-11H2,1-2H3,(H,18,22);(H,6,7). The molecule has 0 unspecified atom stereocenters. The molecule has 1 aromatic carbocycles. The molecule has 1 amide bonds. The molecule has 2 N–H and O–H groups in total. The maximum Gasteiger partial charge on any atom is 0.490 e. The Bertz CT molecular complexity index is 1080. The number of alkyl halides is 3. The third kappa shape index (κ3) is 5.46. The van der Waals surface area contributed by atoms with Crippen molar-refractivity contribution in [1.29, 1.82) is 0 Å². The van der Waals surface area contributed by atoms with E-state index in [1.165, 1.54) is 10.6 Å². The first-order chi connectivity index (χ1) is 14.9. The molecule has 2 heterocycles. The van der Waals surface area contributed by atoms with Crippen LogP contribution in [0.25, 0.3) is 5.69 Å². The van der Waals surface area contributed by atoms with Crippen molar-refractivity contribution in [2.45, 2.75) is 44.3 Å². The number of nitrogens with zero attached hydrogens (tertiary/aromatic N) is 3. The van der Waals surface area contributed by atoms with E-state index in [9.17, 15) is 26.4 Å². The number of aliphatic carboxylic acids is 1. The number of fused-ring (bicyclic) bond motifs is 3. The van der Waals surface area contributed by atoms with Gasteiger partial charge in [-0.1, -0.05) is 32.4 Å². The summed E-state index contributed by atoms with van der Waals surface area (Å²) in [6, 6.07) is 6.80. The van der Waals surface area contributed by atoms with Crippen LogP contribution >= 0.6 is 0 Å². The zero-order valence-electron chi connectivity index (χ0n) is 17.4. The number of para-hydroxylation sites is 1. The predicted octanol–water partition coefficient (Wildman–Crippen LogP) is 2.56. The number of carboxylic acid groups (broad SMARTS) is 1. The Labute approximate surface area is 182 Å². The minimum atomic E-state index is -5.08. The summed E-state index contributed by atoms with van der Waals surface area (Å²) in [5, 5.41) is 9.98. The van der Waals surface area contributed by atoms with Crippen molar-refractivity contribution in [3.05, 3.63) is 42.0 Å². The van der Waals surface area contributed by atoms with E-state index in [2.05, 4.69) is 17.2 Å². The first kappa shape index (κ1) is 25.3. The Morgan fingerprint density at radius 1 is 1.22 bits per heavy atom. The molecular formula is C19H23F3N4O5S. The van der Waals surface area contributed by atoms with Gasteiger partial charge in [0.05, 0.1) is 17.9 Å². The zero-order chi connectivity index (χ0) is 24.1. The number of carboxylic acids is 1. The van der Waals surface area contributed by atoms with Crippen LogP contribution in [0.5, 0.6) is 0 Å². The summed E-state index contributed by atoms with van der Waals surface area (Å²) >= 11 is 0. The summed E-state index contributed by atoms with van der Waals surface area (Å²) in [6.45, 7) is 4.85. The Kier molecular flexibility index (Phi) is 8.02. The molecule has 0 spiro atoms. The SMILES string of the molecule is CCCCNC(=O)c1ncn2c1CN(CC)S(=O)(=O)c1ccccc1-2.O=C(O)C(F)(F)F. The topological polar surface area (TPSA) is 122 Å². The van der Waals surface area contributed by atoms with Crippen LogP contribution in [0.4, 0.5) is 13.2 Å². The molecule has 176 valence electrons. The van der Waals surface area contributed by atoms with Crippen molar-refractivity contribution in [3.63, 3.8) is 0 Å². The number of carbonyl (C=O) groups is 2. The first-order valence-electron chi connectivity index (χ1n) is 9.69. The Morgan fingerprint density at radius 3 is 2.41 bits per heavy atom. The maximum atomic E-state index is 12.9. The van der Waals surface area contributed by atoms with Crippen LogP contribution in [0.2, 0.25) is 0 Å². The third-order valence-corrected chi connectivity index (χ3v) is 6.53. The van der Waals surface area contributed by atoms with Crippen LogP contribution in [-0.2, 0) is 21.4 Å². The summed E-state index contributed by atoms with van der Waals surface area (Å²) in [5.74, 6) is -3.03. The van der Waals surface area contributed by atoms with Gasteiger partial charge in [-0.25, -0.2) is 18.2 Å². The highest BCUT2D eigenvalue weighted by Crippen LogP contribution is 2.30. The van der Waals surface area contributed by atoms with E-state index in [0.29, 0.717) is 24.5 Å². The normalized spacial score (nSPS) is 14.9. The summed E-state index contributed by atoms with van der Waals surface area (Å²) in [6.07, 6.45) is -1.69. The average molecular weight is 476 g/mol. The molecule has 2 aromatic rings. The molecule has 0 saturated carbocycles. The molecule has 9 nitrogen and oxygen atoms in total. The molecule has 0 atom stereocenters. The molecule has 1 aromatic heterocycles. The summed E-state index contributed by atoms with van der Waals surface area (Å²) in [5.41, 5.74) is 1.39. The fourth-order valence-corrected chi connectivity index (χ4v) is 4.52. The number of halogens is 3. The van der Waals surface area contributed by atoms with Crippen LogP contribution in [0.1, 0.15) is 42.9 Å². The number of hydrogen-bond donors (Lipinski definition) is 2. The largest absolute Gasteiger partial charge is 0.490 e. The van der Waals surface area contributed by atoms with Gasteiger partial charge in [-0.3, -0.25) is 9.36 Å². The Morgan fingerprint density at radius 2 is 1.84 bits per heavy atom. The molecule has 32 heavy (non-hydrogen) atoms. The number of carbonyl (C=O) groups excluding carboxylic acids is 1. The lowest BCUT2D eigenvalue weighted by atomic mass is 10.2. The highest BCUT2D eigenvalue weighted by atomic mass is 32.2. The number of imidazole rings is 1. The lowest BCUT2D eigenvalue weighted by Gasteiger charge is -2.18. The van der Waals surface area contributed by atoms with Gasteiger partial charge in [0.15, 0.2) is 5.69 Å². The number of benzene rings is 1. The summed E-state index contributed by atoms with van der Waals surface area (Å²) in [7, 11) is -3.62. The van der Waals surface area contributed by atoms with Gasteiger partial charge in [0.2, 0.25) is 10.0 Å². The lowest BCUT2D eigenvalue weighted by Crippen LogP contribution is -2.31. The molecule has 0 aliphatic carbocycles. The van der Waals surface area contributed by atoms with Crippen molar-refractivity contribution in [2.24, 2.45) is 0 Å². The Balaban J connectivity index is 0.000000451. The van der Waals surface area contributed by atoms with Gasteiger partial charge in [-0.15, -0.1) is 0 Å². The monoisotopic (exact) mass is 476 g/mol. The van der Waals surface area contributed by atoms with Crippen molar-refractivity contribution in [1.82, 2.24) is 19.2 Å². The van der Waals surface area contributed by atoms with Crippen LogP contribution in [-0.4, -0.2) is 58.5 Å². The first-order valence-corrected chi connectivity index (χ1v) is 11.1. The van der Waals surface area contributed by atoms with E-state index in [-0.39, 0.29) is 23.0 Å². The number of amides is 1. The van der Waals surface area contributed by atoms with E-state index >= 15 is 0 Å². The van der Waals surface area contributed by atoms with E-state index in [1.54, 1.807) is 35.8 Å². The van der Waals surface area contributed by atoms with Crippen molar-refractivity contribution >= 4 is 21.9 Å². The minimum Gasteiger partial charge on any atom is -0.475 e. The van der Waals surface area contributed by atoms with Crippen LogP contribution in [0.3, 0.4) is 0 Å². The van der Waals surface area contributed by atoms with Crippen molar-refractivity contribution in [3.8, 4) is 5.69 Å². The second-order valence-corrected chi connectivity index (χ2v) is 8.63. The third-order valence-electron chi connectivity index (χ3n) is 4.56. The molecular weight excluding hydrogens is 453 g/mol. The van der Waals surface area contributed by atoms with Gasteiger partial charge < -0.3 is 10.4 Å². The smallest absolute Gasteiger partial charge is 0.475 e. The number of sulfonamides is 1. The summed E-state index contributed by atoms with van der Waals surface area (Å²) < 4.78 is 60.6. The van der Waals surface area contributed by atoms with Crippen LogP contribution < -0.4 is 5.32 Å². The van der Waals surface area contributed by atoms with E-state index in [4.69, 9.17) is 9.90 Å². The predicted molar refractivity (Wildman–Crippen MR) is 108 cm³/mol. The molecule has 13 heteroatoms. The second-order valence-electron chi connectivity index (χ2n) is 6.72. The molecule has 0 bridgehead atoms. The highest BCUT2D eigenvalue weighted by Gasteiger charge is 2.38. The fourth-order valence-electron chi connectivity index (χ4n) is 2.93. The molecule has 3 rings (SSSR count). The molecule has 1 aliphatic heterocycles. The van der Waals surface area contributed by atoms with Crippen molar-refractivity contribution in [2.75, 3.05) is 13.1 Å². The van der Waals surface area contributed by atoms with Gasteiger partial charge in [-0.05, 0) is 18.6 Å². The van der Waals surface area contributed by atoms with Gasteiger partial charge in [0.1, 0.15) is 11.2 Å². The molecule has 0 saturated heterocycles. The van der Waals surface area contributed by atoms with Crippen molar-refractivity contribution < 1.29 is 36.3 Å². The maximum absolute atomic E-state index is 12.9. The Hall–Kier alpha value is -2.93. The number of aromatic nitrogens is 2. The number of unbranched alkanes of at least 4 members (excludes halogenated alkanes) is 1. The van der Waals surface area contributed by atoms with Gasteiger partial charge in [0, 0.05) is 13.1 Å². The quantitative estimate of drug-likeness (QED) is 0.640. The number of rotatable bonds is 5. The van der Waals surface area contributed by atoms with Gasteiger partial charge in [0.25, 0.3) is 5.91 Å². The molecule has 0 fully saturated rings. The average Bonchev–Trinajstić information content (AvgIpc) is 3.11. The van der Waals surface area contributed by atoms with Crippen LogP contribution in [0, 0.1) is 0 Å². The second kappa shape index (κ2) is 10.1. The molecule has 0 radical (unpaired) electrons. The van der Waals surface area contributed by atoms with E-state index in [1.807, 2.05) is 0 Å². The number of nitrogens with one attached hydrogen (secondary N) is 1. The van der Waals surface area contributed by atoms with Crippen LogP contribution in [0.15, 0.2) is 35.5 Å². The van der Waals surface area contributed by atoms with Gasteiger partial charge >= 0.3 is 12.1 Å². The van der Waals surface area contributed by atoms with Gasteiger partial charge in [-0.2, -0.15) is 17.5 Å². The van der Waals surface area contributed by atoms with E-state index < -0.39 is 22.2 Å². The minimum absolute atomic E-state index is 0.115. The molecule has 1 aliphatic rings. The zero-order valence-corrected chi connectivity index (χ0v) is 18.2. The lowest BCUT2D eigenvalue weighted by molar-refractivity contribution is -0.192. The summed E-state index contributed by atoms with van der Waals surface area (Å²) in [4.78, 5) is 25.9. The fraction of sp³-hybridized carbons (Fsp3) is 0.421. The number of hydrogen-bond acceptors (Lipinski definition) is 5. The highest BCUT2D eigenvalue weighted by molar-refractivity contribution is 7.89.